The zero-order valence-corrected chi connectivity index (χ0v) is 19.1. The quantitative estimate of drug-likeness (QED) is 0.277. The summed E-state index contributed by atoms with van der Waals surface area (Å²) in [7, 11) is 0. The molecule has 0 aromatic carbocycles. The van der Waals surface area contributed by atoms with Crippen molar-refractivity contribution < 1.29 is 25.2 Å². The summed E-state index contributed by atoms with van der Waals surface area (Å²) in [6.45, 7) is 2.05. The number of rotatable bonds is 11. The van der Waals surface area contributed by atoms with E-state index in [4.69, 9.17) is 5.11 Å². The number of carbonyl (C=O) groups is 1. The number of aryl methyl sites for hydroxylation is 2. The standard InChI is InChI=1S/C22H31BrO5S/c1-14-12-16(29-22(14)23)10-8-15(24)9-11-18-17(19(25)13-20(18)26)6-4-2-3-5-7-21(27)28/h2,4,9,11-12,15,17-20,24-26H,3,5-8,10,13H2,1H3,(H,27,28)/t15-,17+,18+,19-,20+/m0/s1. The minimum atomic E-state index is -0.793. The molecule has 7 heteroatoms. The molecule has 0 spiro atoms. The lowest BCUT2D eigenvalue weighted by atomic mass is 9.89. The van der Waals surface area contributed by atoms with Crippen LogP contribution in [0, 0.1) is 18.8 Å². The zero-order chi connectivity index (χ0) is 21.4. The van der Waals surface area contributed by atoms with Crippen molar-refractivity contribution in [2.24, 2.45) is 11.8 Å². The third kappa shape index (κ3) is 7.98. The number of aliphatic carboxylic acids is 1. The molecule has 0 amide bonds. The van der Waals surface area contributed by atoms with Gasteiger partial charge in [0.05, 0.1) is 22.1 Å². The maximum Gasteiger partial charge on any atom is 0.303 e. The van der Waals surface area contributed by atoms with Gasteiger partial charge in [0.1, 0.15) is 0 Å². The normalized spacial score (nSPS) is 26.0. The van der Waals surface area contributed by atoms with E-state index >= 15 is 0 Å². The Labute approximate surface area is 184 Å². The monoisotopic (exact) mass is 486 g/mol. The molecule has 0 radical (unpaired) electrons. The van der Waals surface area contributed by atoms with E-state index in [1.807, 2.05) is 25.2 Å². The van der Waals surface area contributed by atoms with E-state index in [0.717, 1.165) is 10.2 Å². The van der Waals surface area contributed by atoms with E-state index in [9.17, 15) is 20.1 Å². The van der Waals surface area contributed by atoms with Crippen LogP contribution in [0.4, 0.5) is 0 Å². The van der Waals surface area contributed by atoms with Crippen LogP contribution in [0.25, 0.3) is 0 Å². The summed E-state index contributed by atoms with van der Waals surface area (Å²) in [5.74, 6) is -1.08. The van der Waals surface area contributed by atoms with Crippen LogP contribution in [0.2, 0.25) is 0 Å². The molecule has 29 heavy (non-hydrogen) atoms. The fourth-order valence-corrected chi connectivity index (χ4v) is 5.38. The van der Waals surface area contributed by atoms with Crippen LogP contribution in [0.1, 0.15) is 49.0 Å². The fraction of sp³-hybridized carbons (Fsp3) is 0.591. The molecule has 1 saturated carbocycles. The van der Waals surface area contributed by atoms with Crippen LogP contribution in [0.15, 0.2) is 34.2 Å². The van der Waals surface area contributed by atoms with Crippen molar-refractivity contribution in [1.29, 1.82) is 0 Å². The van der Waals surface area contributed by atoms with Gasteiger partial charge in [0.15, 0.2) is 0 Å². The SMILES string of the molecule is Cc1cc(CC[C@H](O)C=C[C@@H]2[C@@H](CC=CCCCC(=O)O)[C@@H](O)C[C@H]2O)sc1Br. The van der Waals surface area contributed by atoms with Crippen molar-refractivity contribution in [3.63, 3.8) is 0 Å². The van der Waals surface area contributed by atoms with Gasteiger partial charge >= 0.3 is 5.97 Å². The Morgan fingerprint density at radius 1 is 1.34 bits per heavy atom. The first-order chi connectivity index (χ1) is 13.8. The Bertz CT molecular complexity index is 695. The third-order valence-electron chi connectivity index (χ3n) is 5.40. The molecule has 0 saturated heterocycles. The molecule has 4 N–H and O–H groups in total. The highest BCUT2D eigenvalue weighted by molar-refractivity contribution is 9.11. The van der Waals surface area contributed by atoms with Gasteiger partial charge in [-0.2, -0.15) is 0 Å². The van der Waals surface area contributed by atoms with Crippen molar-refractivity contribution in [2.45, 2.75) is 70.2 Å². The number of halogens is 1. The van der Waals surface area contributed by atoms with E-state index in [0.29, 0.717) is 32.1 Å². The van der Waals surface area contributed by atoms with E-state index in [1.165, 1.54) is 10.4 Å². The smallest absolute Gasteiger partial charge is 0.303 e. The summed E-state index contributed by atoms with van der Waals surface area (Å²) in [4.78, 5) is 11.7. The maximum atomic E-state index is 10.5. The minimum Gasteiger partial charge on any atom is -0.481 e. The van der Waals surface area contributed by atoms with Gasteiger partial charge in [-0.05, 0) is 72.5 Å². The Balaban J connectivity index is 1.83. The highest BCUT2D eigenvalue weighted by atomic mass is 79.9. The van der Waals surface area contributed by atoms with Crippen LogP contribution >= 0.6 is 27.3 Å². The maximum absolute atomic E-state index is 10.5. The second-order valence-electron chi connectivity index (χ2n) is 7.77. The van der Waals surface area contributed by atoms with Gasteiger partial charge in [-0.1, -0.05) is 24.3 Å². The summed E-state index contributed by atoms with van der Waals surface area (Å²) in [5, 5.41) is 39.5. The third-order valence-corrected chi connectivity index (χ3v) is 7.60. The Hall–Kier alpha value is -0.990. The predicted molar refractivity (Wildman–Crippen MR) is 119 cm³/mol. The van der Waals surface area contributed by atoms with Crippen molar-refractivity contribution in [1.82, 2.24) is 0 Å². The molecule has 0 unspecified atom stereocenters. The van der Waals surface area contributed by atoms with Gasteiger partial charge in [0, 0.05) is 23.6 Å². The zero-order valence-electron chi connectivity index (χ0n) is 16.7. The number of carboxylic acids is 1. The molecular formula is C22H31BrO5S. The number of allylic oxidation sites excluding steroid dienone is 2. The average Bonchev–Trinajstić information content (AvgIpc) is 3.11. The van der Waals surface area contributed by atoms with Crippen molar-refractivity contribution in [2.75, 3.05) is 0 Å². The number of hydrogen-bond acceptors (Lipinski definition) is 5. The molecule has 5 nitrogen and oxygen atoms in total. The molecule has 0 bridgehead atoms. The number of unbranched alkanes of at least 4 members (excludes halogenated alkanes) is 1. The second kappa shape index (κ2) is 12.0. The molecule has 1 aliphatic carbocycles. The van der Waals surface area contributed by atoms with Gasteiger partial charge < -0.3 is 20.4 Å². The van der Waals surface area contributed by atoms with Gasteiger partial charge in [-0.25, -0.2) is 0 Å². The van der Waals surface area contributed by atoms with Crippen LogP contribution in [-0.4, -0.2) is 44.7 Å². The van der Waals surface area contributed by atoms with E-state index in [-0.39, 0.29) is 18.3 Å². The number of thiophene rings is 1. The van der Waals surface area contributed by atoms with Crippen LogP contribution in [0.5, 0.6) is 0 Å². The van der Waals surface area contributed by atoms with E-state index < -0.39 is 24.3 Å². The van der Waals surface area contributed by atoms with Crippen molar-refractivity contribution >= 4 is 33.2 Å². The summed E-state index contributed by atoms with van der Waals surface area (Å²) in [5.41, 5.74) is 1.21. The van der Waals surface area contributed by atoms with Gasteiger partial charge in [0.25, 0.3) is 0 Å². The Kier molecular flexibility index (Phi) is 10.1. The van der Waals surface area contributed by atoms with Gasteiger partial charge in [-0.3, -0.25) is 4.79 Å². The summed E-state index contributed by atoms with van der Waals surface area (Å²) < 4.78 is 1.12. The molecule has 5 atom stereocenters. The number of aliphatic hydroxyl groups is 3. The van der Waals surface area contributed by atoms with Crippen LogP contribution in [-0.2, 0) is 11.2 Å². The van der Waals surface area contributed by atoms with Crippen LogP contribution < -0.4 is 0 Å². The van der Waals surface area contributed by atoms with Crippen molar-refractivity contribution in [3.05, 3.63) is 44.6 Å². The number of carboxylic acid groups (broad SMARTS) is 1. The topological polar surface area (TPSA) is 98.0 Å². The number of aliphatic hydroxyl groups excluding tert-OH is 3. The van der Waals surface area contributed by atoms with Gasteiger partial charge in [0.2, 0.25) is 0 Å². The molecule has 1 aromatic heterocycles. The lowest BCUT2D eigenvalue weighted by Crippen LogP contribution is -2.20. The molecule has 162 valence electrons. The first-order valence-corrected chi connectivity index (χ1v) is 11.7. The largest absolute Gasteiger partial charge is 0.481 e. The van der Waals surface area contributed by atoms with Crippen LogP contribution in [0.3, 0.4) is 0 Å². The number of hydrogen-bond donors (Lipinski definition) is 4. The van der Waals surface area contributed by atoms with E-state index in [1.54, 1.807) is 17.4 Å². The fourth-order valence-electron chi connectivity index (χ4n) is 3.74. The minimum absolute atomic E-state index is 0.0972. The first-order valence-electron chi connectivity index (χ1n) is 10.1. The Morgan fingerprint density at radius 2 is 2.10 bits per heavy atom. The Morgan fingerprint density at radius 3 is 2.76 bits per heavy atom. The lowest BCUT2D eigenvalue weighted by molar-refractivity contribution is -0.137. The summed E-state index contributed by atoms with van der Waals surface area (Å²) >= 11 is 5.20. The molecule has 1 heterocycles. The lowest BCUT2D eigenvalue weighted by Gasteiger charge is -2.19. The first kappa shape index (κ1) is 24.3. The summed E-state index contributed by atoms with van der Waals surface area (Å²) in [6.07, 6.45) is 9.52. The van der Waals surface area contributed by atoms with E-state index in [2.05, 4.69) is 22.0 Å². The van der Waals surface area contributed by atoms with Gasteiger partial charge in [-0.15, -0.1) is 11.3 Å². The molecule has 2 rings (SSSR count). The molecule has 1 aromatic rings. The summed E-state index contributed by atoms with van der Waals surface area (Å²) in [6, 6.07) is 2.13. The highest BCUT2D eigenvalue weighted by Gasteiger charge is 2.39. The average molecular weight is 487 g/mol. The molecule has 1 aliphatic rings. The second-order valence-corrected chi connectivity index (χ2v) is 10.2. The van der Waals surface area contributed by atoms with Crippen molar-refractivity contribution in [3.8, 4) is 0 Å². The highest BCUT2D eigenvalue weighted by Crippen LogP contribution is 2.36. The molecule has 1 fully saturated rings. The molecular weight excluding hydrogens is 456 g/mol. The predicted octanol–water partition coefficient (Wildman–Crippen LogP) is 4.23. The molecule has 0 aliphatic heterocycles.